The maximum absolute atomic E-state index is 5.91. The van der Waals surface area contributed by atoms with Crippen molar-refractivity contribution >= 4 is 11.6 Å². The molecule has 0 spiro atoms. The van der Waals surface area contributed by atoms with E-state index in [4.69, 9.17) is 5.73 Å². The van der Waals surface area contributed by atoms with E-state index in [0.29, 0.717) is 17.3 Å². The summed E-state index contributed by atoms with van der Waals surface area (Å²) in [5.41, 5.74) is 7.38. The summed E-state index contributed by atoms with van der Waals surface area (Å²) in [6, 6.07) is 0.471. The Hall–Kier alpha value is -1.32. The van der Waals surface area contributed by atoms with Gasteiger partial charge in [-0.15, -0.1) is 0 Å². The molecule has 0 saturated heterocycles. The lowest BCUT2D eigenvalue weighted by Crippen LogP contribution is -2.53. The van der Waals surface area contributed by atoms with Gasteiger partial charge >= 0.3 is 0 Å². The Morgan fingerprint density at radius 1 is 1.14 bits per heavy atom. The molecule has 0 aliphatic heterocycles. The molecule has 3 N–H and O–H groups in total. The van der Waals surface area contributed by atoms with Gasteiger partial charge in [0.05, 0.1) is 0 Å². The lowest BCUT2D eigenvalue weighted by atomic mass is 9.48. The summed E-state index contributed by atoms with van der Waals surface area (Å²) in [7, 11) is 0. The molecule has 114 valence electrons. The Kier molecular flexibility index (Phi) is 2.92. The van der Waals surface area contributed by atoms with E-state index in [-0.39, 0.29) is 0 Å². The van der Waals surface area contributed by atoms with Crippen LogP contribution in [0.3, 0.4) is 0 Å². The number of aromatic nitrogens is 2. The van der Waals surface area contributed by atoms with Gasteiger partial charge in [0.2, 0.25) is 0 Å². The molecule has 1 aromatic heterocycles. The van der Waals surface area contributed by atoms with Crippen LogP contribution in [0.15, 0.2) is 6.33 Å². The Bertz CT molecular complexity index is 518. The quantitative estimate of drug-likeness (QED) is 0.894. The van der Waals surface area contributed by atoms with E-state index in [2.05, 4.69) is 22.2 Å². The van der Waals surface area contributed by atoms with Gasteiger partial charge in [0.1, 0.15) is 18.0 Å². The topological polar surface area (TPSA) is 63.8 Å². The molecule has 0 radical (unpaired) electrons. The van der Waals surface area contributed by atoms with E-state index in [1.165, 1.54) is 38.5 Å². The van der Waals surface area contributed by atoms with Crippen LogP contribution in [0.25, 0.3) is 0 Å². The molecule has 0 amide bonds. The molecule has 0 aromatic carbocycles. The first-order valence-corrected chi connectivity index (χ1v) is 8.39. The Labute approximate surface area is 126 Å². The molecule has 1 atom stereocenters. The molecule has 21 heavy (non-hydrogen) atoms. The number of nitrogens with two attached hydrogens (primary N) is 1. The lowest BCUT2D eigenvalue weighted by molar-refractivity contribution is -0.0603. The molecule has 1 aromatic rings. The van der Waals surface area contributed by atoms with Crippen LogP contribution in [0.2, 0.25) is 0 Å². The number of anilines is 2. The van der Waals surface area contributed by atoms with Gasteiger partial charge in [0.15, 0.2) is 0 Å². The zero-order chi connectivity index (χ0) is 14.6. The number of nitrogen functional groups attached to an aromatic ring is 1. The first-order chi connectivity index (χ1) is 10.1. The van der Waals surface area contributed by atoms with Gasteiger partial charge in [-0.3, -0.25) is 0 Å². The van der Waals surface area contributed by atoms with Gasteiger partial charge in [-0.2, -0.15) is 0 Å². The fourth-order valence-corrected chi connectivity index (χ4v) is 5.68. The molecule has 4 bridgehead atoms. The van der Waals surface area contributed by atoms with Gasteiger partial charge in [0.25, 0.3) is 0 Å². The van der Waals surface area contributed by atoms with E-state index < -0.39 is 0 Å². The van der Waals surface area contributed by atoms with Crippen molar-refractivity contribution in [2.24, 2.45) is 23.2 Å². The van der Waals surface area contributed by atoms with Crippen molar-refractivity contribution in [1.82, 2.24) is 9.97 Å². The van der Waals surface area contributed by atoms with Crippen LogP contribution < -0.4 is 11.1 Å². The fraction of sp³-hybridized carbons (Fsp3) is 0.765. The average molecular weight is 286 g/mol. The maximum atomic E-state index is 5.91. The Balaban J connectivity index is 1.57. The maximum Gasteiger partial charge on any atom is 0.134 e. The van der Waals surface area contributed by atoms with E-state index in [0.717, 1.165) is 29.1 Å². The highest BCUT2D eigenvalue weighted by molar-refractivity contribution is 5.54. The smallest absolute Gasteiger partial charge is 0.134 e. The third-order valence-corrected chi connectivity index (χ3v) is 6.48. The van der Waals surface area contributed by atoms with Gasteiger partial charge < -0.3 is 11.1 Å². The third-order valence-electron chi connectivity index (χ3n) is 6.48. The van der Waals surface area contributed by atoms with Gasteiger partial charge in [0, 0.05) is 11.6 Å². The van der Waals surface area contributed by atoms with Crippen molar-refractivity contribution in [3.8, 4) is 0 Å². The molecule has 4 aliphatic carbocycles. The Morgan fingerprint density at radius 2 is 1.71 bits per heavy atom. The highest BCUT2D eigenvalue weighted by atomic mass is 15.1. The van der Waals surface area contributed by atoms with E-state index >= 15 is 0 Å². The summed E-state index contributed by atoms with van der Waals surface area (Å²) < 4.78 is 0. The van der Waals surface area contributed by atoms with Crippen molar-refractivity contribution < 1.29 is 0 Å². The first-order valence-electron chi connectivity index (χ1n) is 8.39. The second kappa shape index (κ2) is 4.59. The minimum absolute atomic E-state index is 0.471. The number of rotatable bonds is 3. The molecule has 4 nitrogen and oxygen atoms in total. The SMILES string of the molecule is Cc1c(N)ncnc1NC(C)C12CC3CC(CC(C3)C1)C2. The van der Waals surface area contributed by atoms with Crippen LogP contribution in [-0.4, -0.2) is 16.0 Å². The molecular formula is C17H26N4. The molecule has 5 rings (SSSR count). The predicted molar refractivity (Wildman–Crippen MR) is 84.9 cm³/mol. The second-order valence-corrected chi connectivity index (χ2v) is 7.88. The number of nitrogens with one attached hydrogen (secondary N) is 1. The summed E-state index contributed by atoms with van der Waals surface area (Å²) in [4.78, 5) is 8.47. The van der Waals surface area contributed by atoms with Crippen LogP contribution in [0.1, 0.15) is 51.0 Å². The van der Waals surface area contributed by atoms with E-state index in [9.17, 15) is 0 Å². The number of hydrogen-bond donors (Lipinski definition) is 2. The largest absolute Gasteiger partial charge is 0.383 e. The molecule has 1 heterocycles. The monoisotopic (exact) mass is 286 g/mol. The molecule has 4 heteroatoms. The predicted octanol–water partition coefficient (Wildman–Crippen LogP) is 3.38. The van der Waals surface area contributed by atoms with Crippen LogP contribution in [-0.2, 0) is 0 Å². The highest BCUT2D eigenvalue weighted by Gasteiger charge is 2.53. The summed E-state index contributed by atoms with van der Waals surface area (Å²) in [5.74, 6) is 4.46. The molecule has 4 saturated carbocycles. The van der Waals surface area contributed by atoms with Crippen molar-refractivity contribution in [2.75, 3.05) is 11.1 Å². The highest BCUT2D eigenvalue weighted by Crippen LogP contribution is 2.61. The van der Waals surface area contributed by atoms with Crippen molar-refractivity contribution in [2.45, 2.75) is 58.4 Å². The number of hydrogen-bond acceptors (Lipinski definition) is 4. The van der Waals surface area contributed by atoms with Gasteiger partial charge in [-0.25, -0.2) is 9.97 Å². The summed E-state index contributed by atoms with van der Waals surface area (Å²) >= 11 is 0. The zero-order valence-electron chi connectivity index (χ0n) is 13.1. The minimum atomic E-state index is 0.471. The van der Waals surface area contributed by atoms with Crippen LogP contribution in [0.5, 0.6) is 0 Å². The molecule has 4 fully saturated rings. The summed E-state index contributed by atoms with van der Waals surface area (Å²) in [6.07, 6.45) is 10.3. The molecule has 1 unspecified atom stereocenters. The molecular weight excluding hydrogens is 260 g/mol. The summed E-state index contributed by atoms with van der Waals surface area (Å²) in [6.45, 7) is 4.36. The van der Waals surface area contributed by atoms with E-state index in [1.54, 1.807) is 6.33 Å². The fourth-order valence-electron chi connectivity index (χ4n) is 5.68. The lowest BCUT2D eigenvalue weighted by Gasteiger charge is -2.59. The zero-order valence-corrected chi connectivity index (χ0v) is 13.1. The standard InChI is InChI=1S/C17H26N4/c1-10-15(18)19-9-20-16(10)21-11(2)17-6-12-3-13(7-17)5-14(4-12)8-17/h9,11-14H,3-8H2,1-2H3,(H3,18,19,20,21). The van der Waals surface area contributed by atoms with Crippen LogP contribution in [0.4, 0.5) is 11.6 Å². The average Bonchev–Trinajstić information content (AvgIpc) is 2.42. The first kappa shape index (κ1) is 13.4. The van der Waals surface area contributed by atoms with Crippen LogP contribution >= 0.6 is 0 Å². The van der Waals surface area contributed by atoms with Gasteiger partial charge in [-0.05, 0) is 75.5 Å². The van der Waals surface area contributed by atoms with E-state index in [1.807, 2.05) is 6.92 Å². The Morgan fingerprint density at radius 3 is 2.29 bits per heavy atom. The van der Waals surface area contributed by atoms with Crippen molar-refractivity contribution in [3.63, 3.8) is 0 Å². The van der Waals surface area contributed by atoms with Crippen molar-refractivity contribution in [1.29, 1.82) is 0 Å². The number of nitrogens with zero attached hydrogens (tertiary/aromatic N) is 2. The van der Waals surface area contributed by atoms with Crippen molar-refractivity contribution in [3.05, 3.63) is 11.9 Å². The van der Waals surface area contributed by atoms with Gasteiger partial charge in [-0.1, -0.05) is 0 Å². The third kappa shape index (κ3) is 2.11. The summed E-state index contributed by atoms with van der Waals surface area (Å²) in [5, 5.41) is 3.68. The second-order valence-electron chi connectivity index (χ2n) is 7.88. The minimum Gasteiger partial charge on any atom is -0.383 e. The normalized spacial score (nSPS) is 38.5. The molecule has 4 aliphatic rings. The van der Waals surface area contributed by atoms with Crippen LogP contribution in [0, 0.1) is 30.1 Å².